The zero-order valence-corrected chi connectivity index (χ0v) is 27.0. The Morgan fingerprint density at radius 1 is 0.933 bits per heavy atom. The van der Waals surface area contributed by atoms with E-state index < -0.39 is 11.2 Å². The molecule has 1 aliphatic carbocycles. The number of para-hydroxylation sites is 1. The second kappa shape index (κ2) is 10.9. The molecule has 1 atom stereocenters. The molecule has 4 aliphatic heterocycles. The van der Waals surface area contributed by atoms with Gasteiger partial charge in [-0.2, -0.15) is 5.10 Å². The molecule has 1 aromatic heterocycles. The van der Waals surface area contributed by atoms with Gasteiger partial charge in [-0.25, -0.2) is 9.59 Å². The highest BCUT2D eigenvalue weighted by Crippen LogP contribution is 2.50. The lowest BCUT2D eigenvalue weighted by Crippen LogP contribution is -2.49. The molecular weight excluding hydrogens is 574 g/mol. The monoisotopic (exact) mass is 619 g/mol. The van der Waals surface area contributed by atoms with E-state index in [0.29, 0.717) is 64.6 Å². The number of carbonyl (C=O) groups excluding carboxylic acids is 3. The minimum absolute atomic E-state index is 0.0296. The number of benzene rings is 1. The number of nitrogens with zero attached hydrogens (tertiary/aromatic N) is 5. The molecular formula is C34H45N5O6. The fourth-order valence-corrected chi connectivity index (χ4v) is 7.54. The van der Waals surface area contributed by atoms with Gasteiger partial charge in [-0.05, 0) is 71.4 Å². The van der Waals surface area contributed by atoms with Gasteiger partial charge in [0.15, 0.2) is 0 Å². The summed E-state index contributed by atoms with van der Waals surface area (Å²) in [5.41, 5.74) is 2.46. The molecule has 11 heteroatoms. The van der Waals surface area contributed by atoms with E-state index in [-0.39, 0.29) is 30.1 Å². The SMILES string of the molecule is Cc1c2c(nn1CC(=O)N1CCC3(CCN(C(=O)OC(C)(C)C)C3)C1)-c1ccccc1OC21CCN(C(=O)OCC2CC2)CC1. The fraction of sp³-hybridized carbons (Fsp3) is 0.647. The Bertz CT molecular complexity index is 1500. The van der Waals surface area contributed by atoms with Crippen LogP contribution in [-0.4, -0.2) is 94.1 Å². The van der Waals surface area contributed by atoms with Crippen LogP contribution in [0.2, 0.25) is 0 Å². The summed E-state index contributed by atoms with van der Waals surface area (Å²) < 4.78 is 19.8. The van der Waals surface area contributed by atoms with E-state index in [1.54, 1.807) is 9.80 Å². The third-order valence-electron chi connectivity index (χ3n) is 10.2. The fourth-order valence-electron chi connectivity index (χ4n) is 7.54. The molecule has 242 valence electrons. The molecule has 0 bridgehead atoms. The predicted molar refractivity (Wildman–Crippen MR) is 166 cm³/mol. The second-order valence-electron chi connectivity index (χ2n) is 14.8. The van der Waals surface area contributed by atoms with Crippen molar-refractivity contribution in [3.8, 4) is 17.0 Å². The zero-order chi connectivity index (χ0) is 31.6. The van der Waals surface area contributed by atoms with Crippen LogP contribution in [-0.2, 0) is 26.4 Å². The number of hydrogen-bond acceptors (Lipinski definition) is 7. The Morgan fingerprint density at radius 3 is 2.31 bits per heavy atom. The van der Waals surface area contributed by atoms with Crippen molar-refractivity contribution in [1.29, 1.82) is 0 Å². The number of aromatic nitrogens is 2. The maximum absolute atomic E-state index is 13.7. The molecule has 5 aliphatic rings. The maximum Gasteiger partial charge on any atom is 0.410 e. The number of hydrogen-bond donors (Lipinski definition) is 0. The lowest BCUT2D eigenvalue weighted by Gasteiger charge is -2.44. The molecule has 4 fully saturated rings. The molecule has 1 aromatic carbocycles. The van der Waals surface area contributed by atoms with Gasteiger partial charge in [0.2, 0.25) is 5.91 Å². The van der Waals surface area contributed by atoms with Crippen molar-refractivity contribution in [2.24, 2.45) is 11.3 Å². The molecule has 45 heavy (non-hydrogen) atoms. The number of amides is 3. The van der Waals surface area contributed by atoms with E-state index in [1.807, 2.05) is 61.5 Å². The molecule has 3 amide bonds. The van der Waals surface area contributed by atoms with Gasteiger partial charge in [0.25, 0.3) is 0 Å². The Morgan fingerprint density at radius 2 is 1.60 bits per heavy atom. The molecule has 2 aromatic rings. The number of carbonyl (C=O) groups is 3. The van der Waals surface area contributed by atoms with Crippen molar-refractivity contribution in [3.63, 3.8) is 0 Å². The number of piperidine rings is 1. The number of fused-ring (bicyclic) bond motifs is 4. The summed E-state index contributed by atoms with van der Waals surface area (Å²) in [7, 11) is 0. The first-order valence-electron chi connectivity index (χ1n) is 16.5. The van der Waals surface area contributed by atoms with Crippen molar-refractivity contribution in [1.82, 2.24) is 24.5 Å². The van der Waals surface area contributed by atoms with Crippen LogP contribution in [0.5, 0.6) is 5.75 Å². The lowest BCUT2D eigenvalue weighted by molar-refractivity contribution is -0.131. The summed E-state index contributed by atoms with van der Waals surface area (Å²) in [5, 5.41) is 5.04. The molecule has 2 spiro atoms. The normalized spacial score (nSPS) is 23.6. The Labute approximate surface area is 264 Å². The van der Waals surface area contributed by atoms with Crippen molar-refractivity contribution >= 4 is 18.1 Å². The highest BCUT2D eigenvalue weighted by atomic mass is 16.6. The number of rotatable bonds is 4. The lowest BCUT2D eigenvalue weighted by atomic mass is 9.79. The Kier molecular flexibility index (Phi) is 7.28. The summed E-state index contributed by atoms with van der Waals surface area (Å²) >= 11 is 0. The van der Waals surface area contributed by atoms with Gasteiger partial charge >= 0.3 is 12.2 Å². The predicted octanol–water partition coefficient (Wildman–Crippen LogP) is 4.95. The molecule has 0 N–H and O–H groups in total. The average molecular weight is 620 g/mol. The van der Waals surface area contributed by atoms with Crippen LogP contribution < -0.4 is 4.74 Å². The molecule has 5 heterocycles. The standard InChI is InChI=1S/C34H45N5O6/c1-23-28-29(25-7-5-6-8-26(25)44-34(28)13-17-36(18-14-34)30(41)43-20-24-9-10-24)35-39(23)19-27(40)37-15-11-33(21-37)12-16-38(22-33)31(42)45-32(2,3)4/h5-8,24H,9-22H2,1-4H3. The van der Waals surface area contributed by atoms with Gasteiger partial charge in [0, 0.05) is 74.3 Å². The maximum atomic E-state index is 13.7. The topological polar surface area (TPSA) is 106 Å². The van der Waals surface area contributed by atoms with Crippen LogP contribution in [0.1, 0.15) is 70.6 Å². The van der Waals surface area contributed by atoms with Crippen molar-refractivity contribution in [2.45, 2.75) is 84.0 Å². The molecule has 3 saturated heterocycles. The number of ether oxygens (including phenoxy) is 3. The van der Waals surface area contributed by atoms with Crippen LogP contribution in [0, 0.1) is 18.3 Å². The van der Waals surface area contributed by atoms with Gasteiger partial charge in [-0.15, -0.1) is 0 Å². The average Bonchev–Trinajstić information content (AvgIpc) is 3.43. The van der Waals surface area contributed by atoms with Gasteiger partial charge < -0.3 is 28.9 Å². The zero-order valence-electron chi connectivity index (χ0n) is 27.0. The summed E-state index contributed by atoms with van der Waals surface area (Å²) in [6.07, 6.45) is 4.74. The molecule has 11 nitrogen and oxygen atoms in total. The third-order valence-corrected chi connectivity index (χ3v) is 10.2. The van der Waals surface area contributed by atoms with Crippen molar-refractivity contribution < 1.29 is 28.6 Å². The van der Waals surface area contributed by atoms with Crippen molar-refractivity contribution in [3.05, 3.63) is 35.5 Å². The van der Waals surface area contributed by atoms with Gasteiger partial charge in [-0.3, -0.25) is 9.48 Å². The van der Waals surface area contributed by atoms with Gasteiger partial charge in [0.1, 0.15) is 29.2 Å². The minimum atomic E-state index is -0.630. The smallest absolute Gasteiger partial charge is 0.410 e. The summed E-state index contributed by atoms with van der Waals surface area (Å²) in [5.74, 6) is 1.34. The highest BCUT2D eigenvalue weighted by Gasteiger charge is 2.49. The van der Waals surface area contributed by atoms with Crippen LogP contribution in [0.15, 0.2) is 24.3 Å². The van der Waals surface area contributed by atoms with E-state index >= 15 is 0 Å². The van der Waals surface area contributed by atoms with E-state index in [4.69, 9.17) is 19.3 Å². The number of likely N-dealkylation sites (tertiary alicyclic amines) is 3. The Hall–Kier alpha value is -3.76. The Balaban J connectivity index is 1.06. The molecule has 7 rings (SSSR count). The first kappa shape index (κ1) is 29.9. The first-order valence-corrected chi connectivity index (χ1v) is 16.5. The van der Waals surface area contributed by atoms with E-state index in [1.165, 1.54) is 0 Å². The first-order chi connectivity index (χ1) is 21.4. The van der Waals surface area contributed by atoms with Crippen molar-refractivity contribution in [2.75, 3.05) is 45.9 Å². The minimum Gasteiger partial charge on any atom is -0.482 e. The van der Waals surface area contributed by atoms with Crippen LogP contribution in [0.4, 0.5) is 9.59 Å². The van der Waals surface area contributed by atoms with E-state index in [0.717, 1.165) is 53.9 Å². The largest absolute Gasteiger partial charge is 0.482 e. The second-order valence-corrected chi connectivity index (χ2v) is 14.8. The van der Waals surface area contributed by atoms with Gasteiger partial charge in [0.05, 0.1) is 6.61 Å². The van der Waals surface area contributed by atoms with E-state index in [2.05, 4.69) is 0 Å². The molecule has 1 saturated carbocycles. The molecule has 1 unspecified atom stereocenters. The third kappa shape index (κ3) is 5.74. The summed E-state index contributed by atoms with van der Waals surface area (Å²) in [6.45, 7) is 11.9. The van der Waals surface area contributed by atoms with Crippen LogP contribution >= 0.6 is 0 Å². The van der Waals surface area contributed by atoms with E-state index in [9.17, 15) is 14.4 Å². The summed E-state index contributed by atoms with van der Waals surface area (Å²) in [4.78, 5) is 44.7. The quantitative estimate of drug-likeness (QED) is 0.477. The highest BCUT2D eigenvalue weighted by molar-refractivity contribution is 5.78. The summed E-state index contributed by atoms with van der Waals surface area (Å²) in [6, 6.07) is 7.94. The van der Waals surface area contributed by atoms with Gasteiger partial charge in [-0.1, -0.05) is 12.1 Å². The molecule has 0 radical (unpaired) electrons. The van der Waals surface area contributed by atoms with Crippen LogP contribution in [0.25, 0.3) is 11.3 Å². The van der Waals surface area contributed by atoms with Crippen LogP contribution in [0.3, 0.4) is 0 Å².